The van der Waals surface area contributed by atoms with Crippen LogP contribution >= 0.6 is 23.2 Å². The standard InChI is InChI=1S/C89H89Cl2N9O30/c1-38(2)10-6-3-4-9-13-64(107)94-72-76(111)74(109)62(34-101)128-87(72)130-79-60-29-45-30-61(79)126-57-21-17-43(27-52(57)91)73(108)71-85(119)98-70(86(120)123-37-92)50-32-47(104)33-59(127-88-78(113)77(112)75(110)63(35-102)129-88)65(50)49-26-41(15-18-54(49)105)66(82(116)99-71)96-84(118)69(45)97-83(117)68-44-24-46(103)31-48(25-44)124-58-28-42(16-19-55(58)106)67(100-89(121)122-36-39-11-7-5-8-12-39)81(115)93-53(80(114)95-68)23-40-14-20-56(125-60)51(90)22-40/h5,7-8,11-12,14-22,24-33,38,53,62-63,66-78,87-88,101-106,108-113H,3-4,6,9-10,13,23,34-36H2,1-2H3,(H,93,115)(H,94,107)(H,95,114)(H,96,118)(H,97,117)(H,98,119)(H,99,116)(H,100,121)/t53-,62-,63-,66-,67+,68+,69-,70-,71+,72-,73-,74-,75-,76-,77+,78+,87+,88+/m1/s1. The van der Waals surface area contributed by atoms with Gasteiger partial charge < -0.3 is 146 Å². The van der Waals surface area contributed by atoms with Gasteiger partial charge in [0, 0.05) is 41.7 Å². The fourth-order valence-electron chi connectivity index (χ4n) is 15.7. The molecule has 16 rings (SSSR count). The van der Waals surface area contributed by atoms with Gasteiger partial charge in [0.25, 0.3) is 6.26 Å². The van der Waals surface area contributed by atoms with E-state index in [1.54, 1.807) is 30.3 Å². The molecule has 8 aromatic carbocycles. The van der Waals surface area contributed by atoms with Crippen molar-refractivity contribution < 1.29 is 147 Å². The molecule has 0 unspecified atom stereocenters. The van der Waals surface area contributed by atoms with E-state index in [2.05, 4.69) is 56.4 Å². The van der Waals surface area contributed by atoms with Crippen molar-refractivity contribution in [1.29, 1.82) is 5.26 Å². The van der Waals surface area contributed by atoms with Crippen LogP contribution in [0.2, 0.25) is 10.0 Å². The molecule has 18 atom stereocenters. The summed E-state index contributed by atoms with van der Waals surface area (Å²) in [5, 5.41) is 167. The maximum absolute atomic E-state index is 16.8. The molecule has 2 saturated heterocycles. The zero-order valence-electron chi connectivity index (χ0n) is 68.8. The Bertz CT molecular complexity index is 5710. The van der Waals surface area contributed by atoms with Gasteiger partial charge in [0.2, 0.25) is 59.7 Å². The van der Waals surface area contributed by atoms with Crippen LogP contribution < -0.4 is 66.2 Å². The van der Waals surface area contributed by atoms with E-state index in [4.69, 9.17) is 65.8 Å². The molecule has 0 aromatic heterocycles. The third kappa shape index (κ3) is 20.7. The van der Waals surface area contributed by atoms with Crippen molar-refractivity contribution in [1.82, 2.24) is 42.5 Å². The number of ether oxygens (including phenoxy) is 9. The summed E-state index contributed by atoms with van der Waals surface area (Å²) in [5.74, 6) is -17.6. The summed E-state index contributed by atoms with van der Waals surface area (Å²) in [5.41, 5.74) is -3.10. The zero-order valence-corrected chi connectivity index (χ0v) is 70.3. The minimum absolute atomic E-state index is 0.0864. The number of carbonyl (C=O) groups excluding carboxylic acids is 9. The minimum atomic E-state index is -2.48. The summed E-state index contributed by atoms with van der Waals surface area (Å²) in [6, 6.07) is 11.3. The molecule has 0 radical (unpaired) electrons. The maximum atomic E-state index is 16.8. The number of phenols is 4. The number of phenolic OH excluding ortho intramolecular Hbond substituents is 4. The van der Waals surface area contributed by atoms with E-state index in [9.17, 15) is 80.9 Å². The number of nitrogens with zero attached hydrogens (tertiary/aromatic N) is 1. The summed E-state index contributed by atoms with van der Waals surface area (Å²) < 4.78 is 54.9. The van der Waals surface area contributed by atoms with Gasteiger partial charge in [0.05, 0.1) is 23.3 Å². The molecule has 8 heterocycles. The van der Waals surface area contributed by atoms with Crippen LogP contribution in [0.3, 0.4) is 0 Å². The topological polar surface area (TPSA) is 599 Å². The van der Waals surface area contributed by atoms with E-state index in [-0.39, 0.29) is 40.5 Å². The van der Waals surface area contributed by atoms with E-state index < -0.39 is 284 Å². The number of hydrogen-bond donors (Lipinski definition) is 20. The number of aliphatic hydroxyl groups is 8. The number of esters is 1. The number of carbonyl (C=O) groups is 9. The van der Waals surface area contributed by atoms with Crippen molar-refractivity contribution >= 4 is 76.6 Å². The Morgan fingerprint density at radius 1 is 0.538 bits per heavy atom. The molecule has 8 amide bonds. The van der Waals surface area contributed by atoms with Crippen molar-refractivity contribution in [2.45, 2.75) is 175 Å². The van der Waals surface area contributed by atoms with Crippen LogP contribution in [0.1, 0.15) is 133 Å². The maximum Gasteiger partial charge on any atom is 0.408 e. The Morgan fingerprint density at radius 3 is 1.82 bits per heavy atom. The largest absolute Gasteiger partial charge is 0.508 e. The summed E-state index contributed by atoms with van der Waals surface area (Å²) in [6.07, 6.45) is -17.3. The molecule has 0 saturated carbocycles. The third-order valence-electron chi connectivity index (χ3n) is 22.4. The third-order valence-corrected chi connectivity index (χ3v) is 23.0. The van der Waals surface area contributed by atoms with Crippen LogP contribution in [0, 0.1) is 17.4 Å². The van der Waals surface area contributed by atoms with Gasteiger partial charge in [-0.25, -0.2) is 9.59 Å². The van der Waals surface area contributed by atoms with E-state index in [1.807, 2.05) is 0 Å². The molecule has 8 aliphatic rings. The molecule has 39 nitrogen and oxygen atoms in total. The number of unbranched alkanes of at least 4 members (excludes halogenated alkanes) is 3. The fraction of sp³-hybridized carbons (Fsp3) is 0.348. The second-order valence-corrected chi connectivity index (χ2v) is 32.8. The number of benzene rings is 8. The number of aromatic hydroxyl groups is 4. The van der Waals surface area contributed by atoms with Crippen LogP contribution in [0.25, 0.3) is 11.1 Å². The second-order valence-electron chi connectivity index (χ2n) is 32.0. The lowest BCUT2D eigenvalue weighted by Crippen LogP contribution is -2.65. The fourth-order valence-corrected chi connectivity index (χ4v) is 16.2. The average Bonchev–Trinajstić information content (AvgIpc) is 0.762. The highest BCUT2D eigenvalue weighted by Gasteiger charge is 2.50. The van der Waals surface area contributed by atoms with Gasteiger partial charge in [-0.1, -0.05) is 117 Å². The Labute approximate surface area is 748 Å². The Hall–Kier alpha value is -13.3. The minimum Gasteiger partial charge on any atom is -0.508 e. The number of aliphatic hydroxyl groups excluding tert-OH is 8. The van der Waals surface area contributed by atoms with Crippen LogP contribution in [0.15, 0.2) is 146 Å². The van der Waals surface area contributed by atoms with E-state index in [0.717, 1.165) is 110 Å². The van der Waals surface area contributed by atoms with E-state index >= 15 is 28.8 Å². The predicted octanol–water partition coefficient (Wildman–Crippen LogP) is 4.96. The van der Waals surface area contributed by atoms with Gasteiger partial charge >= 0.3 is 12.1 Å². The molecular formula is C89H89Cl2N9O30. The van der Waals surface area contributed by atoms with Gasteiger partial charge in [-0.3, -0.25) is 33.6 Å². The quantitative estimate of drug-likeness (QED) is 0.0307. The normalized spacial score (nSPS) is 25.4. The number of nitrogens with one attached hydrogen (secondary N) is 8. The molecular weight excluding hydrogens is 1750 g/mol. The van der Waals surface area contributed by atoms with E-state index in [0.29, 0.717) is 24.3 Å². The molecule has 20 N–H and O–H groups in total. The highest BCUT2D eigenvalue weighted by Crippen LogP contribution is 2.51. The van der Waals surface area contributed by atoms with Crippen LogP contribution in [0.4, 0.5) is 4.79 Å². The highest BCUT2D eigenvalue weighted by molar-refractivity contribution is 6.32. The highest BCUT2D eigenvalue weighted by atomic mass is 35.5. The number of halogens is 2. The van der Waals surface area contributed by atoms with Crippen LogP contribution in [-0.4, -0.2) is 201 Å². The number of hydrogen-bond acceptors (Lipinski definition) is 31. The van der Waals surface area contributed by atoms with Crippen LogP contribution in [0.5, 0.6) is 69.0 Å². The molecule has 8 aromatic rings. The first-order chi connectivity index (χ1) is 62.2. The summed E-state index contributed by atoms with van der Waals surface area (Å²) in [6.45, 7) is 1.85. The number of alkyl carbamates (subject to hydrolysis) is 1. The van der Waals surface area contributed by atoms with Crippen molar-refractivity contribution in [2.24, 2.45) is 5.92 Å². The van der Waals surface area contributed by atoms with Crippen LogP contribution in [-0.2, 0) is 70.3 Å². The molecule has 8 aliphatic heterocycles. The second kappa shape index (κ2) is 40.1. The summed E-state index contributed by atoms with van der Waals surface area (Å²) >= 11 is 14.5. The van der Waals surface area contributed by atoms with Gasteiger partial charge in [0.1, 0.15) is 138 Å². The summed E-state index contributed by atoms with van der Waals surface area (Å²) in [4.78, 5) is 139. The van der Waals surface area contributed by atoms with Crippen molar-refractivity contribution in [3.05, 3.63) is 200 Å². The molecule has 2 fully saturated rings. The first-order valence-electron chi connectivity index (χ1n) is 41.0. The van der Waals surface area contributed by atoms with Crippen molar-refractivity contribution in [3.8, 4) is 86.4 Å². The Balaban J connectivity index is 0.986. The lowest BCUT2D eigenvalue weighted by atomic mass is 9.89. The lowest BCUT2D eigenvalue weighted by Gasteiger charge is -2.42. The predicted molar refractivity (Wildman–Crippen MR) is 449 cm³/mol. The molecule has 41 heteroatoms. The molecule has 130 heavy (non-hydrogen) atoms. The van der Waals surface area contributed by atoms with Gasteiger partial charge in [-0.2, -0.15) is 0 Å². The Kier molecular flexibility index (Phi) is 28.7. The number of fused-ring (bicyclic) bond motifs is 14. The Morgan fingerprint density at radius 2 is 1.15 bits per heavy atom. The first kappa shape index (κ1) is 92.8. The summed E-state index contributed by atoms with van der Waals surface area (Å²) in [7, 11) is 0. The molecule has 0 spiro atoms. The van der Waals surface area contributed by atoms with Crippen molar-refractivity contribution in [3.63, 3.8) is 0 Å². The van der Waals surface area contributed by atoms with Gasteiger partial charge in [-0.15, -0.1) is 5.26 Å². The lowest BCUT2D eigenvalue weighted by molar-refractivity contribution is -0.277. The SMILES string of the molecule is CC(C)CCCCCCC(=O)N[C@H]1[C@H](Oc2c3cc4cc2Oc2ccc(cc2Cl)[C@@H](O)[C@@H]2NC(=O)[C@H](NC(=O)[C@@H]4NC(=O)[C@H]4NC(=O)[C@@H](Cc5ccc(c(Cl)c5)O3)NC(=O)[C@@H](NC(=O)OCc3ccccc3)c3ccc(O)c(c3)Oc3cc(O)cc4c3)c3ccc(O)c(c3)-c3c(O[C@H]4O[C@H](CO)[C@@H](O)[C@H](O)[C@@H]4O)cc(O)cc3[C@H](C(=O)OC#N)NC2=O)O[C@H](CO)[C@@H](O)[C@@H]1O. The number of rotatable bonds is 18. The average molecular weight is 1840 g/mol. The number of amides is 8. The van der Waals surface area contributed by atoms with Gasteiger partial charge in [-0.05, 0) is 130 Å². The van der Waals surface area contributed by atoms with Gasteiger partial charge in [0.15, 0.2) is 29.0 Å². The van der Waals surface area contributed by atoms with E-state index in [1.165, 1.54) is 30.5 Å². The smallest absolute Gasteiger partial charge is 0.408 e. The zero-order chi connectivity index (χ0) is 92.8. The molecule has 17 bridgehead atoms. The first-order valence-corrected chi connectivity index (χ1v) is 41.8. The monoisotopic (exact) mass is 1830 g/mol. The van der Waals surface area contributed by atoms with Crippen molar-refractivity contribution in [2.75, 3.05) is 13.2 Å². The number of nitriles is 1. The molecule has 684 valence electrons. The molecule has 0 aliphatic carbocycles.